The maximum atomic E-state index is 13.2. The van der Waals surface area contributed by atoms with Crippen LogP contribution in [0.2, 0.25) is 0 Å². The van der Waals surface area contributed by atoms with Gasteiger partial charge in [-0.25, -0.2) is 0 Å². The van der Waals surface area contributed by atoms with Gasteiger partial charge in [0.15, 0.2) is 11.5 Å². The summed E-state index contributed by atoms with van der Waals surface area (Å²) in [6.07, 6.45) is 1.45. The molecule has 2 aromatic carbocycles. The molecule has 0 aromatic heterocycles. The summed E-state index contributed by atoms with van der Waals surface area (Å²) in [6.45, 7) is 5.45. The van der Waals surface area contributed by atoms with Gasteiger partial charge >= 0.3 is 0 Å². The van der Waals surface area contributed by atoms with E-state index in [0.717, 1.165) is 28.2 Å². The second kappa shape index (κ2) is 10.1. The number of fused-ring (bicyclic) bond motifs is 1. The quantitative estimate of drug-likeness (QED) is 0.725. The normalized spacial score (nSPS) is 13.4. The molecular formula is C24H30N2O4. The highest BCUT2D eigenvalue weighted by Gasteiger charge is 2.27. The number of ether oxygens (including phenoxy) is 2. The number of amides is 2. The molecule has 160 valence electrons. The Balaban J connectivity index is 1.73. The van der Waals surface area contributed by atoms with Crippen molar-refractivity contribution in [2.24, 2.45) is 0 Å². The van der Waals surface area contributed by atoms with Gasteiger partial charge in [-0.15, -0.1) is 0 Å². The van der Waals surface area contributed by atoms with Crippen LogP contribution >= 0.6 is 0 Å². The highest BCUT2D eigenvalue weighted by molar-refractivity contribution is 5.87. The second-order valence-electron chi connectivity index (χ2n) is 7.52. The van der Waals surface area contributed by atoms with E-state index in [9.17, 15) is 9.59 Å². The van der Waals surface area contributed by atoms with Crippen molar-refractivity contribution in [3.63, 3.8) is 0 Å². The van der Waals surface area contributed by atoms with Gasteiger partial charge in [0.05, 0.1) is 0 Å². The average Bonchev–Trinajstić information content (AvgIpc) is 2.78. The summed E-state index contributed by atoms with van der Waals surface area (Å²) >= 11 is 0. The Hall–Kier alpha value is -3.02. The van der Waals surface area contributed by atoms with E-state index in [1.165, 1.54) is 0 Å². The van der Waals surface area contributed by atoms with Crippen molar-refractivity contribution in [3.8, 4) is 11.5 Å². The SMILES string of the molecule is CC[C@@H](C(=O)NC)N(Cc1ccc(C)cc1)C(=O)CCc1ccc2c(c1)OCCO2. The molecule has 0 radical (unpaired) electrons. The van der Waals surface area contributed by atoms with Crippen molar-refractivity contribution in [1.82, 2.24) is 10.2 Å². The van der Waals surface area contributed by atoms with Gasteiger partial charge in [0.2, 0.25) is 11.8 Å². The number of likely N-dealkylation sites (N-methyl/N-ethyl adjacent to an activating group) is 1. The summed E-state index contributed by atoms with van der Waals surface area (Å²) < 4.78 is 11.2. The smallest absolute Gasteiger partial charge is 0.242 e. The third-order valence-electron chi connectivity index (χ3n) is 5.34. The predicted molar refractivity (Wildman–Crippen MR) is 116 cm³/mol. The highest BCUT2D eigenvalue weighted by atomic mass is 16.6. The lowest BCUT2D eigenvalue weighted by Crippen LogP contribution is -2.48. The van der Waals surface area contributed by atoms with Crippen LogP contribution in [-0.4, -0.2) is 43.0 Å². The Morgan fingerprint density at radius 3 is 2.37 bits per heavy atom. The van der Waals surface area contributed by atoms with Crippen molar-refractivity contribution in [1.29, 1.82) is 0 Å². The average molecular weight is 411 g/mol. The third-order valence-corrected chi connectivity index (χ3v) is 5.34. The van der Waals surface area contributed by atoms with Gasteiger partial charge in [0.25, 0.3) is 0 Å². The molecule has 2 aromatic rings. The number of nitrogens with one attached hydrogen (secondary N) is 1. The van der Waals surface area contributed by atoms with E-state index in [0.29, 0.717) is 39.0 Å². The fourth-order valence-corrected chi connectivity index (χ4v) is 3.61. The Kier molecular flexibility index (Phi) is 7.33. The number of hydrogen-bond acceptors (Lipinski definition) is 4. The van der Waals surface area contributed by atoms with E-state index >= 15 is 0 Å². The molecular weight excluding hydrogens is 380 g/mol. The van der Waals surface area contributed by atoms with Gasteiger partial charge in [-0.1, -0.05) is 42.8 Å². The zero-order valence-corrected chi connectivity index (χ0v) is 17.9. The highest BCUT2D eigenvalue weighted by Crippen LogP contribution is 2.31. The maximum Gasteiger partial charge on any atom is 0.242 e. The van der Waals surface area contributed by atoms with Crippen LogP contribution in [0, 0.1) is 6.92 Å². The van der Waals surface area contributed by atoms with E-state index in [-0.39, 0.29) is 11.8 Å². The van der Waals surface area contributed by atoms with Gasteiger partial charge < -0.3 is 19.7 Å². The van der Waals surface area contributed by atoms with Crippen LogP contribution < -0.4 is 14.8 Å². The molecule has 0 saturated carbocycles. The minimum Gasteiger partial charge on any atom is -0.486 e. The molecule has 6 heteroatoms. The fourth-order valence-electron chi connectivity index (χ4n) is 3.61. The lowest BCUT2D eigenvalue weighted by Gasteiger charge is -2.30. The van der Waals surface area contributed by atoms with E-state index in [1.807, 2.05) is 56.3 Å². The number of rotatable bonds is 8. The molecule has 3 rings (SSSR count). The zero-order chi connectivity index (χ0) is 21.5. The van der Waals surface area contributed by atoms with Gasteiger partial charge in [0.1, 0.15) is 19.3 Å². The van der Waals surface area contributed by atoms with Crippen molar-refractivity contribution >= 4 is 11.8 Å². The molecule has 0 unspecified atom stereocenters. The zero-order valence-electron chi connectivity index (χ0n) is 17.9. The fraction of sp³-hybridized carbons (Fsp3) is 0.417. The van der Waals surface area contributed by atoms with Crippen LogP contribution in [0.5, 0.6) is 11.5 Å². The Bertz CT molecular complexity index is 879. The molecule has 0 saturated heterocycles. The Morgan fingerprint density at radius 1 is 1.03 bits per heavy atom. The van der Waals surface area contributed by atoms with Gasteiger partial charge in [0, 0.05) is 20.0 Å². The van der Waals surface area contributed by atoms with Crippen LogP contribution in [0.1, 0.15) is 36.5 Å². The molecule has 0 fully saturated rings. The van der Waals surface area contributed by atoms with Crippen molar-refractivity contribution in [2.45, 2.75) is 45.7 Å². The Morgan fingerprint density at radius 2 is 1.70 bits per heavy atom. The topological polar surface area (TPSA) is 67.9 Å². The first-order valence-electron chi connectivity index (χ1n) is 10.5. The first-order chi connectivity index (χ1) is 14.5. The van der Waals surface area contributed by atoms with Crippen LogP contribution in [0.3, 0.4) is 0 Å². The summed E-state index contributed by atoms with van der Waals surface area (Å²) in [6, 6.07) is 13.3. The van der Waals surface area contributed by atoms with Crippen LogP contribution in [0.25, 0.3) is 0 Å². The number of aryl methyl sites for hydroxylation is 2. The first kappa shape index (κ1) is 21.7. The molecule has 2 amide bonds. The third kappa shape index (κ3) is 5.32. The minimum absolute atomic E-state index is 0.0408. The molecule has 0 bridgehead atoms. The lowest BCUT2D eigenvalue weighted by molar-refractivity contribution is -0.141. The molecule has 1 atom stereocenters. The van der Waals surface area contributed by atoms with E-state index < -0.39 is 6.04 Å². The lowest BCUT2D eigenvalue weighted by atomic mass is 10.1. The number of benzene rings is 2. The predicted octanol–water partition coefficient (Wildman–Crippen LogP) is 3.25. The standard InChI is InChI=1S/C24H30N2O4/c1-4-20(24(28)25-3)26(16-19-7-5-17(2)6-8-19)23(27)12-10-18-9-11-21-22(15-18)30-14-13-29-21/h5-9,11,15,20H,4,10,12-14,16H2,1-3H3,(H,25,28)/t20-/m0/s1. The van der Waals surface area contributed by atoms with E-state index in [1.54, 1.807) is 11.9 Å². The molecule has 6 nitrogen and oxygen atoms in total. The van der Waals surface area contributed by atoms with Crippen molar-refractivity contribution < 1.29 is 19.1 Å². The number of carbonyl (C=O) groups is 2. The maximum absolute atomic E-state index is 13.2. The molecule has 1 aliphatic rings. The van der Waals surface area contributed by atoms with Gasteiger partial charge in [-0.05, 0) is 43.0 Å². The largest absolute Gasteiger partial charge is 0.486 e. The van der Waals surface area contributed by atoms with Crippen LogP contribution in [0.4, 0.5) is 0 Å². The minimum atomic E-state index is -0.496. The van der Waals surface area contributed by atoms with E-state index in [2.05, 4.69) is 5.32 Å². The van der Waals surface area contributed by atoms with Crippen LogP contribution in [0.15, 0.2) is 42.5 Å². The summed E-state index contributed by atoms with van der Waals surface area (Å²) in [7, 11) is 1.61. The summed E-state index contributed by atoms with van der Waals surface area (Å²) in [4.78, 5) is 27.3. The van der Waals surface area contributed by atoms with E-state index in [4.69, 9.17) is 9.47 Å². The number of carbonyl (C=O) groups excluding carboxylic acids is 2. The Labute approximate surface area is 178 Å². The molecule has 30 heavy (non-hydrogen) atoms. The second-order valence-corrected chi connectivity index (χ2v) is 7.52. The molecule has 1 heterocycles. The van der Waals surface area contributed by atoms with Gasteiger partial charge in [-0.2, -0.15) is 0 Å². The van der Waals surface area contributed by atoms with Crippen LogP contribution in [-0.2, 0) is 22.6 Å². The monoisotopic (exact) mass is 410 g/mol. The van der Waals surface area contributed by atoms with Crippen molar-refractivity contribution in [2.75, 3.05) is 20.3 Å². The first-order valence-corrected chi connectivity index (χ1v) is 10.5. The summed E-state index contributed by atoms with van der Waals surface area (Å²) in [5, 5.41) is 2.69. The number of nitrogens with zero attached hydrogens (tertiary/aromatic N) is 1. The number of hydrogen-bond donors (Lipinski definition) is 1. The molecule has 1 N–H and O–H groups in total. The van der Waals surface area contributed by atoms with Crippen molar-refractivity contribution in [3.05, 3.63) is 59.2 Å². The summed E-state index contributed by atoms with van der Waals surface area (Å²) in [5.74, 6) is 1.28. The molecule has 1 aliphatic heterocycles. The summed E-state index contributed by atoms with van der Waals surface area (Å²) in [5.41, 5.74) is 3.18. The molecule has 0 aliphatic carbocycles. The van der Waals surface area contributed by atoms with Gasteiger partial charge in [-0.3, -0.25) is 9.59 Å². The molecule has 0 spiro atoms.